The quantitative estimate of drug-likeness (QED) is 0.887. The highest BCUT2D eigenvalue weighted by Crippen LogP contribution is 2.33. The third-order valence-electron chi connectivity index (χ3n) is 4.22. The van der Waals surface area contributed by atoms with Crippen molar-refractivity contribution in [2.75, 3.05) is 25.4 Å². The van der Waals surface area contributed by atoms with Crippen LogP contribution in [0.4, 0.5) is 0 Å². The Balaban J connectivity index is 2.11. The minimum atomic E-state index is 0.418. The molecule has 0 spiro atoms. The molecule has 1 saturated heterocycles. The monoisotopic (exact) mass is 306 g/mol. The van der Waals surface area contributed by atoms with Crippen LogP contribution in [0.2, 0.25) is 0 Å². The maximum atomic E-state index is 3.63. The van der Waals surface area contributed by atoms with Gasteiger partial charge < -0.3 is 5.32 Å². The Morgan fingerprint density at radius 3 is 2.57 bits per heavy atom. The van der Waals surface area contributed by atoms with Crippen molar-refractivity contribution in [1.82, 2.24) is 10.2 Å². The van der Waals surface area contributed by atoms with Gasteiger partial charge in [0, 0.05) is 42.2 Å². The third-order valence-corrected chi connectivity index (χ3v) is 5.59. The van der Waals surface area contributed by atoms with Gasteiger partial charge in [0.2, 0.25) is 0 Å². The van der Waals surface area contributed by atoms with E-state index in [1.165, 1.54) is 30.8 Å². The summed E-state index contributed by atoms with van der Waals surface area (Å²) in [6.07, 6.45) is 1.27. The number of nitrogens with zero attached hydrogens (tertiary/aromatic N) is 1. The van der Waals surface area contributed by atoms with Gasteiger partial charge in [-0.3, -0.25) is 4.90 Å². The van der Waals surface area contributed by atoms with Crippen molar-refractivity contribution >= 4 is 11.8 Å². The van der Waals surface area contributed by atoms with Crippen molar-refractivity contribution in [1.29, 1.82) is 0 Å². The van der Waals surface area contributed by atoms with Gasteiger partial charge in [-0.05, 0) is 12.0 Å². The SMILES string of the molecule is CC(C)NCC(c1ccccc1)N1CCSC(C)(C)CC1. The summed E-state index contributed by atoms with van der Waals surface area (Å²) in [5.41, 5.74) is 1.44. The van der Waals surface area contributed by atoms with E-state index in [0.29, 0.717) is 16.8 Å². The first-order valence-corrected chi connectivity index (χ1v) is 9.13. The molecule has 118 valence electrons. The van der Waals surface area contributed by atoms with E-state index in [2.05, 4.69) is 80.0 Å². The molecule has 0 aromatic heterocycles. The van der Waals surface area contributed by atoms with Crippen LogP contribution in [0.25, 0.3) is 0 Å². The zero-order valence-corrected chi connectivity index (χ0v) is 14.7. The van der Waals surface area contributed by atoms with E-state index in [1.807, 2.05) is 0 Å². The highest BCUT2D eigenvalue weighted by atomic mass is 32.2. The topological polar surface area (TPSA) is 15.3 Å². The highest BCUT2D eigenvalue weighted by molar-refractivity contribution is 8.00. The number of hydrogen-bond donors (Lipinski definition) is 1. The molecular formula is C18H30N2S. The Morgan fingerprint density at radius 1 is 1.19 bits per heavy atom. The van der Waals surface area contributed by atoms with E-state index >= 15 is 0 Å². The minimum Gasteiger partial charge on any atom is -0.313 e. The van der Waals surface area contributed by atoms with Gasteiger partial charge in [-0.15, -0.1) is 0 Å². The van der Waals surface area contributed by atoms with E-state index in [9.17, 15) is 0 Å². The normalized spacial score (nSPS) is 21.2. The van der Waals surface area contributed by atoms with Gasteiger partial charge >= 0.3 is 0 Å². The van der Waals surface area contributed by atoms with Crippen LogP contribution in [0, 0.1) is 0 Å². The van der Waals surface area contributed by atoms with Crippen LogP contribution in [0.5, 0.6) is 0 Å². The van der Waals surface area contributed by atoms with E-state index < -0.39 is 0 Å². The Hall–Kier alpha value is -0.510. The maximum Gasteiger partial charge on any atom is 0.0473 e. The second-order valence-corrected chi connectivity index (χ2v) is 8.69. The lowest BCUT2D eigenvalue weighted by Gasteiger charge is -2.32. The molecule has 3 heteroatoms. The lowest BCUT2D eigenvalue weighted by molar-refractivity contribution is 0.198. The molecule has 1 N–H and O–H groups in total. The van der Waals surface area contributed by atoms with Crippen LogP contribution < -0.4 is 5.32 Å². The molecular weight excluding hydrogens is 276 g/mol. The van der Waals surface area contributed by atoms with Crippen LogP contribution in [0.3, 0.4) is 0 Å². The van der Waals surface area contributed by atoms with Crippen LogP contribution in [-0.4, -0.2) is 41.1 Å². The Bertz CT molecular complexity index is 416. The van der Waals surface area contributed by atoms with Gasteiger partial charge in [-0.25, -0.2) is 0 Å². The summed E-state index contributed by atoms with van der Waals surface area (Å²) in [6.45, 7) is 12.6. The molecule has 0 saturated carbocycles. The number of thioether (sulfide) groups is 1. The van der Waals surface area contributed by atoms with Crippen LogP contribution in [0.15, 0.2) is 30.3 Å². The van der Waals surface area contributed by atoms with Crippen molar-refractivity contribution in [3.05, 3.63) is 35.9 Å². The maximum absolute atomic E-state index is 3.63. The Labute approximate surface area is 134 Å². The summed E-state index contributed by atoms with van der Waals surface area (Å²) in [5, 5.41) is 3.63. The van der Waals surface area contributed by atoms with Gasteiger partial charge in [0.1, 0.15) is 0 Å². The minimum absolute atomic E-state index is 0.418. The zero-order chi connectivity index (χ0) is 15.3. The molecule has 1 aromatic rings. The molecule has 2 nitrogen and oxygen atoms in total. The summed E-state index contributed by atoms with van der Waals surface area (Å²) in [4.78, 5) is 2.67. The number of nitrogens with one attached hydrogen (secondary N) is 1. The first-order valence-electron chi connectivity index (χ1n) is 8.14. The predicted octanol–water partition coefficient (Wildman–Crippen LogP) is 3.94. The molecule has 1 fully saturated rings. The summed E-state index contributed by atoms with van der Waals surface area (Å²) < 4.78 is 0.418. The molecule has 1 aliphatic rings. The largest absolute Gasteiger partial charge is 0.313 e. The molecule has 0 radical (unpaired) electrons. The summed E-state index contributed by atoms with van der Waals surface area (Å²) in [6, 6.07) is 12.0. The molecule has 0 aliphatic carbocycles. The van der Waals surface area contributed by atoms with Gasteiger partial charge in [0.05, 0.1) is 0 Å². The summed E-state index contributed by atoms with van der Waals surface area (Å²) in [7, 11) is 0. The van der Waals surface area contributed by atoms with Crippen LogP contribution in [-0.2, 0) is 0 Å². The van der Waals surface area contributed by atoms with Crippen molar-refractivity contribution < 1.29 is 0 Å². The smallest absolute Gasteiger partial charge is 0.0473 e. The van der Waals surface area contributed by atoms with Crippen LogP contribution in [0.1, 0.15) is 45.7 Å². The predicted molar refractivity (Wildman–Crippen MR) is 95.0 cm³/mol. The second-order valence-electron chi connectivity index (χ2n) is 6.88. The molecule has 1 aliphatic heterocycles. The lowest BCUT2D eigenvalue weighted by atomic mass is 10.0. The zero-order valence-electron chi connectivity index (χ0n) is 13.9. The fourth-order valence-electron chi connectivity index (χ4n) is 2.83. The lowest BCUT2D eigenvalue weighted by Crippen LogP contribution is -2.39. The van der Waals surface area contributed by atoms with Crippen molar-refractivity contribution in [2.45, 2.75) is 50.9 Å². The van der Waals surface area contributed by atoms with Gasteiger partial charge in [0.15, 0.2) is 0 Å². The molecule has 21 heavy (non-hydrogen) atoms. The molecule has 1 unspecified atom stereocenters. The van der Waals surface area contributed by atoms with Crippen molar-refractivity contribution in [3.8, 4) is 0 Å². The average Bonchev–Trinajstić information content (AvgIpc) is 2.61. The first kappa shape index (κ1) is 16.9. The van der Waals surface area contributed by atoms with Crippen molar-refractivity contribution in [2.24, 2.45) is 0 Å². The highest BCUT2D eigenvalue weighted by Gasteiger charge is 2.28. The van der Waals surface area contributed by atoms with E-state index in [0.717, 1.165) is 6.54 Å². The fraction of sp³-hybridized carbons (Fsp3) is 0.667. The van der Waals surface area contributed by atoms with E-state index in [-0.39, 0.29) is 0 Å². The Morgan fingerprint density at radius 2 is 1.90 bits per heavy atom. The van der Waals surface area contributed by atoms with E-state index in [4.69, 9.17) is 0 Å². The van der Waals surface area contributed by atoms with Gasteiger partial charge in [0.25, 0.3) is 0 Å². The van der Waals surface area contributed by atoms with Gasteiger partial charge in [-0.2, -0.15) is 11.8 Å². The average molecular weight is 307 g/mol. The second kappa shape index (κ2) is 7.66. The van der Waals surface area contributed by atoms with Crippen LogP contribution >= 0.6 is 11.8 Å². The molecule has 0 amide bonds. The van der Waals surface area contributed by atoms with E-state index in [1.54, 1.807) is 0 Å². The molecule has 2 rings (SSSR count). The fourth-order valence-corrected chi connectivity index (χ4v) is 3.94. The first-order chi connectivity index (χ1) is 9.98. The number of benzene rings is 1. The Kier molecular flexibility index (Phi) is 6.15. The molecule has 1 atom stereocenters. The number of rotatable bonds is 5. The molecule has 1 heterocycles. The third kappa shape index (κ3) is 5.32. The molecule has 0 bridgehead atoms. The summed E-state index contributed by atoms with van der Waals surface area (Å²) in [5.74, 6) is 1.23. The standard InChI is InChI=1S/C18H30N2S/c1-15(2)19-14-17(16-8-6-5-7-9-16)20-11-10-18(3,4)21-13-12-20/h5-9,15,17,19H,10-14H2,1-4H3. The van der Waals surface area contributed by atoms with Gasteiger partial charge in [-0.1, -0.05) is 58.0 Å². The van der Waals surface area contributed by atoms with Crippen molar-refractivity contribution in [3.63, 3.8) is 0 Å². The molecule has 1 aromatic carbocycles. The number of hydrogen-bond acceptors (Lipinski definition) is 3. The summed E-state index contributed by atoms with van der Waals surface area (Å²) >= 11 is 2.12.